The predicted octanol–water partition coefficient (Wildman–Crippen LogP) is 3.17. The van der Waals surface area contributed by atoms with Gasteiger partial charge in [-0.1, -0.05) is 17.7 Å². The number of nitrogens with zero attached hydrogens (tertiary/aromatic N) is 2. The van der Waals surface area contributed by atoms with E-state index in [0.29, 0.717) is 29.5 Å². The number of rotatable bonds is 2. The summed E-state index contributed by atoms with van der Waals surface area (Å²) in [5, 5.41) is 8.87. The van der Waals surface area contributed by atoms with Crippen molar-refractivity contribution in [2.75, 3.05) is 12.0 Å². The molecule has 0 bridgehead atoms. The second-order valence-corrected chi connectivity index (χ2v) is 5.89. The van der Waals surface area contributed by atoms with Crippen LogP contribution >= 0.6 is 11.6 Å². The molecular formula is C17H14ClN5O. The highest BCUT2D eigenvalue weighted by atomic mass is 35.5. The average Bonchev–Trinajstić information content (AvgIpc) is 2.89. The van der Waals surface area contributed by atoms with Crippen LogP contribution in [0.3, 0.4) is 0 Å². The zero-order valence-corrected chi connectivity index (χ0v) is 13.4. The van der Waals surface area contributed by atoms with Gasteiger partial charge in [0.1, 0.15) is 11.5 Å². The summed E-state index contributed by atoms with van der Waals surface area (Å²) in [4.78, 5) is 19.7. The van der Waals surface area contributed by atoms with Crippen molar-refractivity contribution in [3.63, 3.8) is 0 Å². The topological polar surface area (TPSA) is 82.2 Å². The molecule has 1 aromatic carbocycles. The van der Waals surface area contributed by atoms with Gasteiger partial charge in [-0.15, -0.1) is 0 Å². The molecule has 0 saturated heterocycles. The number of benzene rings is 1. The van der Waals surface area contributed by atoms with E-state index in [9.17, 15) is 4.79 Å². The Hall–Kier alpha value is -2.86. The van der Waals surface area contributed by atoms with E-state index in [-0.39, 0.29) is 5.91 Å². The summed E-state index contributed by atoms with van der Waals surface area (Å²) in [5.41, 5.74) is 5.88. The van der Waals surface area contributed by atoms with Crippen LogP contribution in [0.15, 0.2) is 47.7 Å². The molecule has 120 valence electrons. The number of hydrazone groups is 1. The molecule has 1 amide bonds. The molecule has 24 heavy (non-hydrogen) atoms. The lowest BCUT2D eigenvalue weighted by Crippen LogP contribution is -2.23. The third-order valence-corrected chi connectivity index (χ3v) is 4.13. The van der Waals surface area contributed by atoms with Crippen LogP contribution in [0.25, 0.3) is 10.9 Å². The van der Waals surface area contributed by atoms with Crippen LogP contribution in [0, 0.1) is 0 Å². The second kappa shape index (κ2) is 5.98. The molecule has 3 heterocycles. The number of fused-ring (bicyclic) bond motifs is 3. The van der Waals surface area contributed by atoms with Gasteiger partial charge in [-0.05, 0) is 30.3 Å². The third kappa shape index (κ3) is 2.61. The van der Waals surface area contributed by atoms with Crippen molar-refractivity contribution in [2.45, 2.75) is 6.42 Å². The zero-order valence-electron chi connectivity index (χ0n) is 12.6. The van der Waals surface area contributed by atoms with Gasteiger partial charge in [0.25, 0.3) is 5.91 Å². The number of hydrogen-bond donors (Lipinski definition) is 3. The summed E-state index contributed by atoms with van der Waals surface area (Å²) >= 11 is 6.14. The fourth-order valence-corrected chi connectivity index (χ4v) is 2.98. The Morgan fingerprint density at radius 2 is 2.17 bits per heavy atom. The first-order valence-corrected chi connectivity index (χ1v) is 7.93. The fraction of sp³-hybridized carbons (Fsp3) is 0.118. The minimum atomic E-state index is -0.139. The lowest BCUT2D eigenvalue weighted by Gasteiger charge is -2.05. The van der Waals surface area contributed by atoms with E-state index in [0.717, 1.165) is 22.2 Å². The number of nitrogens with one attached hydrogen (secondary N) is 3. The number of anilines is 1. The predicted molar refractivity (Wildman–Crippen MR) is 94.7 cm³/mol. The van der Waals surface area contributed by atoms with Gasteiger partial charge >= 0.3 is 0 Å². The van der Waals surface area contributed by atoms with E-state index in [1.54, 1.807) is 12.3 Å². The first kappa shape index (κ1) is 14.7. The largest absolute Gasteiger partial charge is 0.350 e. The number of carbonyl (C=O) groups excluding carboxylic acids is 1. The summed E-state index contributed by atoms with van der Waals surface area (Å²) in [7, 11) is 0. The van der Waals surface area contributed by atoms with Crippen LogP contribution < -0.4 is 10.7 Å². The van der Waals surface area contributed by atoms with E-state index in [1.165, 1.54) is 0 Å². The van der Waals surface area contributed by atoms with Gasteiger partial charge in [-0.3, -0.25) is 10.2 Å². The maximum Gasteiger partial charge on any atom is 0.268 e. The lowest BCUT2D eigenvalue weighted by atomic mass is 10.0. The molecule has 3 aromatic rings. The number of aromatic amines is 1. The van der Waals surface area contributed by atoms with Crippen molar-refractivity contribution in [3.05, 3.63) is 58.9 Å². The quantitative estimate of drug-likeness (QED) is 0.627. The number of H-pyrrole nitrogens is 1. The minimum absolute atomic E-state index is 0.139. The molecule has 0 saturated carbocycles. The van der Waals surface area contributed by atoms with Crippen LogP contribution in [0.5, 0.6) is 0 Å². The van der Waals surface area contributed by atoms with Gasteiger partial charge in [0, 0.05) is 40.7 Å². The number of pyridine rings is 1. The van der Waals surface area contributed by atoms with E-state index < -0.39 is 0 Å². The number of aromatic nitrogens is 2. The van der Waals surface area contributed by atoms with Gasteiger partial charge < -0.3 is 10.3 Å². The van der Waals surface area contributed by atoms with Crippen LogP contribution in [-0.4, -0.2) is 28.1 Å². The van der Waals surface area contributed by atoms with Crippen LogP contribution in [0.1, 0.15) is 22.5 Å². The molecule has 1 aliphatic heterocycles. The fourth-order valence-electron chi connectivity index (χ4n) is 2.81. The smallest absolute Gasteiger partial charge is 0.268 e. The number of carbonyl (C=O) groups is 1. The zero-order chi connectivity index (χ0) is 16.5. The summed E-state index contributed by atoms with van der Waals surface area (Å²) in [6.07, 6.45) is 2.30. The van der Waals surface area contributed by atoms with E-state index >= 15 is 0 Å². The lowest BCUT2D eigenvalue weighted by molar-refractivity contribution is 0.0952. The van der Waals surface area contributed by atoms with Crippen molar-refractivity contribution in [3.8, 4) is 0 Å². The standard InChI is InChI=1S/C17H14ClN5O/c18-10-4-5-12-11(9-10)15-13(6-8-20-17(24)16(15)21-12)22-23-14-3-1-2-7-19-14/h1-5,7,9,21H,6,8H2,(H,19,23)(H,20,24)/b22-13+. The summed E-state index contributed by atoms with van der Waals surface area (Å²) in [6, 6.07) is 11.1. The summed E-state index contributed by atoms with van der Waals surface area (Å²) in [6.45, 7) is 0.520. The Morgan fingerprint density at radius 1 is 1.25 bits per heavy atom. The summed E-state index contributed by atoms with van der Waals surface area (Å²) in [5.74, 6) is 0.508. The Kier molecular flexibility index (Phi) is 3.66. The SMILES string of the molecule is O=C1NCC/C(=N\Nc2ccccn2)c2c1[nH]c1ccc(Cl)cc21. The summed E-state index contributed by atoms with van der Waals surface area (Å²) < 4.78 is 0. The third-order valence-electron chi connectivity index (χ3n) is 3.89. The van der Waals surface area contributed by atoms with Gasteiger partial charge in [-0.2, -0.15) is 5.10 Å². The van der Waals surface area contributed by atoms with Gasteiger partial charge in [0.2, 0.25) is 0 Å². The Balaban J connectivity index is 1.84. The van der Waals surface area contributed by atoms with Crippen molar-refractivity contribution < 1.29 is 4.79 Å². The van der Waals surface area contributed by atoms with Crippen molar-refractivity contribution in [1.29, 1.82) is 0 Å². The molecule has 1 aliphatic rings. The minimum Gasteiger partial charge on any atom is -0.350 e. The highest BCUT2D eigenvalue weighted by molar-refractivity contribution is 6.32. The molecule has 3 N–H and O–H groups in total. The monoisotopic (exact) mass is 339 g/mol. The maximum atomic E-state index is 12.3. The first-order chi connectivity index (χ1) is 11.7. The normalized spacial score (nSPS) is 15.9. The molecule has 0 fully saturated rings. The van der Waals surface area contributed by atoms with Crippen molar-refractivity contribution >= 4 is 39.9 Å². The molecule has 4 rings (SSSR count). The van der Waals surface area contributed by atoms with Gasteiger partial charge in [0.15, 0.2) is 0 Å². The Bertz CT molecular complexity index is 948. The number of hydrogen-bond acceptors (Lipinski definition) is 4. The van der Waals surface area contributed by atoms with E-state index in [1.807, 2.05) is 30.3 Å². The Labute approximate surface area is 142 Å². The molecule has 0 atom stereocenters. The van der Waals surface area contributed by atoms with Gasteiger partial charge in [-0.25, -0.2) is 4.98 Å². The molecule has 0 radical (unpaired) electrons. The van der Waals surface area contributed by atoms with Crippen molar-refractivity contribution in [2.24, 2.45) is 5.10 Å². The maximum absolute atomic E-state index is 12.3. The number of amides is 1. The highest BCUT2D eigenvalue weighted by Gasteiger charge is 2.25. The molecule has 2 aromatic heterocycles. The molecule has 0 spiro atoms. The average molecular weight is 340 g/mol. The molecule has 7 heteroatoms. The molecule has 0 unspecified atom stereocenters. The number of halogens is 1. The Morgan fingerprint density at radius 3 is 3.00 bits per heavy atom. The van der Waals surface area contributed by atoms with Crippen molar-refractivity contribution in [1.82, 2.24) is 15.3 Å². The van der Waals surface area contributed by atoms with E-state index in [2.05, 4.69) is 25.8 Å². The van der Waals surface area contributed by atoms with Crippen LogP contribution in [0.2, 0.25) is 5.02 Å². The molecule has 0 aliphatic carbocycles. The van der Waals surface area contributed by atoms with Crippen LogP contribution in [0.4, 0.5) is 5.82 Å². The van der Waals surface area contributed by atoms with Gasteiger partial charge in [0.05, 0.1) is 5.71 Å². The molecular weight excluding hydrogens is 326 g/mol. The second-order valence-electron chi connectivity index (χ2n) is 5.46. The first-order valence-electron chi connectivity index (χ1n) is 7.56. The van der Waals surface area contributed by atoms with Crippen LogP contribution in [-0.2, 0) is 0 Å². The highest BCUT2D eigenvalue weighted by Crippen LogP contribution is 2.28. The van der Waals surface area contributed by atoms with E-state index in [4.69, 9.17) is 11.6 Å². The molecule has 6 nitrogen and oxygen atoms in total.